The van der Waals surface area contributed by atoms with Gasteiger partial charge in [-0.2, -0.15) is 0 Å². The molecular formula is C15H26BrNO3. The molecule has 3 atom stereocenters. The van der Waals surface area contributed by atoms with Crippen LogP contribution in [0.4, 0.5) is 4.79 Å². The number of rotatable bonds is 7. The minimum atomic E-state index is -0.486. The van der Waals surface area contributed by atoms with Crippen LogP contribution < -0.4 is 0 Å². The predicted octanol–water partition coefficient (Wildman–Crippen LogP) is 3.97. The van der Waals surface area contributed by atoms with Crippen molar-refractivity contribution < 1.29 is 14.3 Å². The molecule has 0 aliphatic carbocycles. The first-order valence-electron chi connectivity index (χ1n) is 7.52. The molecule has 1 heterocycles. The first-order valence-corrected chi connectivity index (χ1v) is 8.43. The van der Waals surface area contributed by atoms with Crippen LogP contribution in [0.25, 0.3) is 0 Å². The standard InChI is InChI=1S/C15H26BrNO3/c1-5-6-7-12(16)8-11(4)14(18)17-13(10(2)3)9-20-15(17)19/h10-13H,5-9H2,1-4H3/t11?,12?,13-/m1/s1. The summed E-state index contributed by atoms with van der Waals surface area (Å²) in [7, 11) is 0. The molecule has 116 valence electrons. The van der Waals surface area contributed by atoms with Crippen molar-refractivity contribution in [2.75, 3.05) is 6.61 Å². The summed E-state index contributed by atoms with van der Waals surface area (Å²) < 4.78 is 5.04. The van der Waals surface area contributed by atoms with Gasteiger partial charge in [0.2, 0.25) is 5.91 Å². The zero-order chi connectivity index (χ0) is 15.3. The lowest BCUT2D eigenvalue weighted by molar-refractivity contribution is -0.133. The van der Waals surface area contributed by atoms with Gasteiger partial charge >= 0.3 is 6.09 Å². The largest absolute Gasteiger partial charge is 0.447 e. The Morgan fingerprint density at radius 2 is 2.10 bits per heavy atom. The molecule has 0 aromatic rings. The molecular weight excluding hydrogens is 322 g/mol. The summed E-state index contributed by atoms with van der Waals surface area (Å²) in [6, 6.07) is -0.123. The molecule has 0 bridgehead atoms. The lowest BCUT2D eigenvalue weighted by atomic mass is 9.98. The predicted molar refractivity (Wildman–Crippen MR) is 82.8 cm³/mol. The topological polar surface area (TPSA) is 46.6 Å². The summed E-state index contributed by atoms with van der Waals surface area (Å²) in [5.41, 5.74) is 0. The van der Waals surface area contributed by atoms with E-state index < -0.39 is 6.09 Å². The maximum atomic E-state index is 12.5. The third-order valence-corrected chi connectivity index (χ3v) is 4.65. The van der Waals surface area contributed by atoms with Crippen molar-refractivity contribution in [1.82, 2.24) is 4.90 Å². The number of carbonyl (C=O) groups is 2. The minimum Gasteiger partial charge on any atom is -0.447 e. The zero-order valence-electron chi connectivity index (χ0n) is 12.9. The Morgan fingerprint density at radius 3 is 2.65 bits per heavy atom. The quantitative estimate of drug-likeness (QED) is 0.654. The Hall–Kier alpha value is -0.580. The Labute approximate surface area is 130 Å². The number of hydrogen-bond acceptors (Lipinski definition) is 3. The van der Waals surface area contributed by atoms with Crippen LogP contribution >= 0.6 is 15.9 Å². The van der Waals surface area contributed by atoms with Crippen molar-refractivity contribution in [2.24, 2.45) is 11.8 Å². The van der Waals surface area contributed by atoms with Crippen LogP contribution in [-0.4, -0.2) is 34.4 Å². The van der Waals surface area contributed by atoms with Crippen molar-refractivity contribution in [1.29, 1.82) is 0 Å². The number of halogens is 1. The molecule has 5 heteroatoms. The van der Waals surface area contributed by atoms with Gasteiger partial charge in [-0.05, 0) is 18.8 Å². The third-order valence-electron chi connectivity index (χ3n) is 3.81. The first-order chi connectivity index (χ1) is 9.38. The van der Waals surface area contributed by atoms with Crippen molar-refractivity contribution in [3.05, 3.63) is 0 Å². The van der Waals surface area contributed by atoms with Crippen LogP contribution in [0.5, 0.6) is 0 Å². The second kappa shape index (κ2) is 8.01. The van der Waals surface area contributed by atoms with Gasteiger partial charge in [-0.15, -0.1) is 0 Å². The number of hydrogen-bond donors (Lipinski definition) is 0. The first kappa shape index (κ1) is 17.5. The fourth-order valence-corrected chi connectivity index (χ4v) is 3.33. The Balaban J connectivity index is 2.60. The highest BCUT2D eigenvalue weighted by Crippen LogP contribution is 2.25. The monoisotopic (exact) mass is 347 g/mol. The average Bonchev–Trinajstić information content (AvgIpc) is 2.77. The van der Waals surface area contributed by atoms with Gasteiger partial charge in [0.15, 0.2) is 0 Å². The Bertz CT molecular complexity index is 346. The molecule has 0 aromatic heterocycles. The smallest absolute Gasteiger partial charge is 0.416 e. The minimum absolute atomic E-state index is 0.104. The molecule has 2 unspecified atom stereocenters. The normalized spacial score (nSPS) is 22.0. The number of nitrogens with zero attached hydrogens (tertiary/aromatic N) is 1. The molecule has 1 fully saturated rings. The van der Waals surface area contributed by atoms with E-state index in [0.29, 0.717) is 11.4 Å². The van der Waals surface area contributed by atoms with Gasteiger partial charge in [0.05, 0.1) is 6.04 Å². The van der Waals surface area contributed by atoms with E-state index in [1.807, 2.05) is 20.8 Å². The summed E-state index contributed by atoms with van der Waals surface area (Å²) >= 11 is 3.63. The van der Waals surface area contributed by atoms with Crippen molar-refractivity contribution in [3.8, 4) is 0 Å². The number of carbonyl (C=O) groups excluding carboxylic acids is 2. The van der Waals surface area contributed by atoms with E-state index in [-0.39, 0.29) is 23.8 Å². The maximum absolute atomic E-state index is 12.5. The summed E-state index contributed by atoms with van der Waals surface area (Å²) in [6.07, 6.45) is 3.63. The lowest BCUT2D eigenvalue weighted by Crippen LogP contribution is -2.44. The molecule has 1 aliphatic heterocycles. The van der Waals surface area contributed by atoms with Crippen LogP contribution in [0.1, 0.15) is 53.4 Å². The molecule has 0 spiro atoms. The zero-order valence-corrected chi connectivity index (χ0v) is 14.5. The SMILES string of the molecule is CCCCC(Br)CC(C)C(=O)N1C(=O)OC[C@@H]1C(C)C. The summed E-state index contributed by atoms with van der Waals surface area (Å²) in [6.45, 7) is 8.38. The lowest BCUT2D eigenvalue weighted by Gasteiger charge is -2.26. The number of cyclic esters (lactones) is 1. The number of imide groups is 1. The molecule has 4 nitrogen and oxygen atoms in total. The van der Waals surface area contributed by atoms with E-state index in [1.54, 1.807) is 0 Å². The van der Waals surface area contributed by atoms with E-state index in [2.05, 4.69) is 22.9 Å². The van der Waals surface area contributed by atoms with Gasteiger partial charge in [-0.3, -0.25) is 4.79 Å². The number of ether oxygens (including phenoxy) is 1. The van der Waals surface area contributed by atoms with E-state index in [1.165, 1.54) is 4.90 Å². The highest BCUT2D eigenvalue weighted by atomic mass is 79.9. The van der Waals surface area contributed by atoms with Gasteiger partial charge < -0.3 is 4.74 Å². The second-order valence-corrected chi connectivity index (χ2v) is 7.27. The van der Waals surface area contributed by atoms with Gasteiger partial charge in [0.25, 0.3) is 0 Å². The van der Waals surface area contributed by atoms with E-state index in [4.69, 9.17) is 4.74 Å². The van der Waals surface area contributed by atoms with Gasteiger partial charge in [0, 0.05) is 10.7 Å². The van der Waals surface area contributed by atoms with Crippen LogP contribution in [0.15, 0.2) is 0 Å². The van der Waals surface area contributed by atoms with E-state index >= 15 is 0 Å². The highest BCUT2D eigenvalue weighted by Gasteiger charge is 2.41. The molecule has 0 N–H and O–H groups in total. The molecule has 1 saturated heterocycles. The molecule has 1 aliphatic rings. The van der Waals surface area contributed by atoms with Crippen LogP contribution in [0.2, 0.25) is 0 Å². The average molecular weight is 348 g/mol. The maximum Gasteiger partial charge on any atom is 0.416 e. The third kappa shape index (κ3) is 4.47. The fraction of sp³-hybridized carbons (Fsp3) is 0.867. The Kier molecular flexibility index (Phi) is 7.00. The molecule has 0 saturated carbocycles. The molecule has 1 rings (SSSR count). The van der Waals surface area contributed by atoms with Crippen molar-refractivity contribution in [3.63, 3.8) is 0 Å². The van der Waals surface area contributed by atoms with Crippen LogP contribution in [0, 0.1) is 11.8 Å². The number of alkyl halides is 1. The van der Waals surface area contributed by atoms with Crippen LogP contribution in [0.3, 0.4) is 0 Å². The summed E-state index contributed by atoms with van der Waals surface area (Å²) in [4.78, 5) is 25.9. The van der Waals surface area contributed by atoms with Crippen molar-refractivity contribution >= 4 is 27.9 Å². The van der Waals surface area contributed by atoms with E-state index in [0.717, 1.165) is 25.7 Å². The van der Waals surface area contributed by atoms with E-state index in [9.17, 15) is 9.59 Å². The number of unbranched alkanes of at least 4 members (excludes halogenated alkanes) is 1. The summed E-state index contributed by atoms with van der Waals surface area (Å²) in [5, 5.41) is 0. The molecule has 2 amide bonds. The van der Waals surface area contributed by atoms with Gasteiger partial charge in [-0.1, -0.05) is 56.5 Å². The fourth-order valence-electron chi connectivity index (χ4n) is 2.45. The molecule has 0 aromatic carbocycles. The molecule has 20 heavy (non-hydrogen) atoms. The van der Waals surface area contributed by atoms with Crippen molar-refractivity contribution in [2.45, 2.75) is 64.2 Å². The van der Waals surface area contributed by atoms with Crippen LogP contribution in [-0.2, 0) is 9.53 Å². The second-order valence-electron chi connectivity index (χ2n) is 5.97. The summed E-state index contributed by atoms with van der Waals surface area (Å²) in [5.74, 6) is -0.0484. The number of amides is 2. The van der Waals surface area contributed by atoms with Gasteiger partial charge in [-0.25, -0.2) is 9.69 Å². The highest BCUT2D eigenvalue weighted by molar-refractivity contribution is 9.09. The molecule has 0 radical (unpaired) electrons. The van der Waals surface area contributed by atoms with Gasteiger partial charge in [0.1, 0.15) is 6.61 Å². The Morgan fingerprint density at radius 1 is 1.45 bits per heavy atom.